The van der Waals surface area contributed by atoms with Crippen molar-refractivity contribution in [2.45, 2.75) is 12.3 Å². The van der Waals surface area contributed by atoms with Crippen molar-refractivity contribution in [3.8, 4) is 0 Å². The molecule has 0 atom stereocenters. The molecule has 0 bridgehead atoms. The number of hydrogen-bond donors (Lipinski definition) is 0. The van der Waals surface area contributed by atoms with E-state index >= 15 is 0 Å². The van der Waals surface area contributed by atoms with Crippen LogP contribution in [0.5, 0.6) is 0 Å². The number of halogens is 1. The van der Waals surface area contributed by atoms with Crippen LogP contribution >= 0.6 is 15.9 Å². The van der Waals surface area contributed by atoms with Gasteiger partial charge in [0.05, 0.1) is 0 Å². The van der Waals surface area contributed by atoms with Gasteiger partial charge in [-0.15, -0.1) is 0 Å². The van der Waals surface area contributed by atoms with Crippen molar-refractivity contribution in [2.24, 2.45) is 0 Å². The SMILES string of the molecule is C=Cc1c(C)cccc1CBr. The minimum absolute atomic E-state index is 0.899. The highest BCUT2D eigenvalue weighted by atomic mass is 79.9. The van der Waals surface area contributed by atoms with E-state index in [1.54, 1.807) is 0 Å². The summed E-state index contributed by atoms with van der Waals surface area (Å²) in [5.41, 5.74) is 3.85. The molecule has 0 N–H and O–H groups in total. The summed E-state index contributed by atoms with van der Waals surface area (Å²) < 4.78 is 0. The van der Waals surface area contributed by atoms with E-state index in [9.17, 15) is 0 Å². The summed E-state index contributed by atoms with van der Waals surface area (Å²) in [5.74, 6) is 0. The molecule has 0 saturated heterocycles. The highest BCUT2D eigenvalue weighted by Gasteiger charge is 1.98. The van der Waals surface area contributed by atoms with Gasteiger partial charge in [0.25, 0.3) is 0 Å². The van der Waals surface area contributed by atoms with E-state index in [1.165, 1.54) is 16.7 Å². The van der Waals surface area contributed by atoms with Crippen molar-refractivity contribution in [2.75, 3.05) is 0 Å². The van der Waals surface area contributed by atoms with Gasteiger partial charge in [0, 0.05) is 5.33 Å². The van der Waals surface area contributed by atoms with Crippen LogP contribution in [-0.4, -0.2) is 0 Å². The molecule has 0 saturated carbocycles. The van der Waals surface area contributed by atoms with E-state index in [0.29, 0.717) is 0 Å². The number of alkyl halides is 1. The van der Waals surface area contributed by atoms with Crippen molar-refractivity contribution >= 4 is 22.0 Å². The molecule has 0 fully saturated rings. The van der Waals surface area contributed by atoms with Gasteiger partial charge in [-0.3, -0.25) is 0 Å². The van der Waals surface area contributed by atoms with E-state index < -0.39 is 0 Å². The van der Waals surface area contributed by atoms with Gasteiger partial charge in [0.15, 0.2) is 0 Å². The zero-order valence-electron chi connectivity index (χ0n) is 6.60. The van der Waals surface area contributed by atoms with E-state index in [2.05, 4.69) is 47.6 Å². The van der Waals surface area contributed by atoms with Crippen LogP contribution in [0.2, 0.25) is 0 Å². The van der Waals surface area contributed by atoms with Gasteiger partial charge in [-0.2, -0.15) is 0 Å². The smallest absolute Gasteiger partial charge is 0.0289 e. The van der Waals surface area contributed by atoms with Crippen LogP contribution in [-0.2, 0) is 5.33 Å². The Morgan fingerprint density at radius 3 is 2.73 bits per heavy atom. The predicted molar refractivity (Wildman–Crippen MR) is 53.9 cm³/mol. The fourth-order valence-corrected chi connectivity index (χ4v) is 1.64. The molecule has 0 unspecified atom stereocenters. The second-order valence-electron chi connectivity index (χ2n) is 2.49. The summed E-state index contributed by atoms with van der Waals surface area (Å²) in [6, 6.07) is 6.28. The fraction of sp³-hybridized carbons (Fsp3) is 0.200. The van der Waals surface area contributed by atoms with E-state index in [0.717, 1.165) is 5.33 Å². The molecule has 0 heterocycles. The minimum atomic E-state index is 0.899. The summed E-state index contributed by atoms with van der Waals surface area (Å²) >= 11 is 3.44. The topological polar surface area (TPSA) is 0 Å². The van der Waals surface area contributed by atoms with Gasteiger partial charge in [-0.1, -0.05) is 46.8 Å². The number of benzene rings is 1. The maximum Gasteiger partial charge on any atom is 0.0289 e. The Morgan fingerprint density at radius 2 is 2.27 bits per heavy atom. The molecule has 0 spiro atoms. The Morgan fingerprint density at radius 1 is 1.55 bits per heavy atom. The molecule has 0 aliphatic heterocycles. The summed E-state index contributed by atoms with van der Waals surface area (Å²) in [5, 5.41) is 0.899. The lowest BCUT2D eigenvalue weighted by atomic mass is 10.0. The molecular formula is C10H11Br. The summed E-state index contributed by atoms with van der Waals surface area (Å²) in [6.45, 7) is 5.88. The lowest BCUT2D eigenvalue weighted by molar-refractivity contribution is 1.34. The number of hydrogen-bond acceptors (Lipinski definition) is 0. The molecule has 1 heteroatoms. The van der Waals surface area contributed by atoms with Crippen LogP contribution in [0.1, 0.15) is 16.7 Å². The maximum atomic E-state index is 3.78. The van der Waals surface area contributed by atoms with E-state index in [-0.39, 0.29) is 0 Å². The zero-order chi connectivity index (χ0) is 8.27. The number of rotatable bonds is 2. The van der Waals surface area contributed by atoms with Gasteiger partial charge in [0.1, 0.15) is 0 Å². The first-order chi connectivity index (χ1) is 5.29. The zero-order valence-corrected chi connectivity index (χ0v) is 8.19. The Hall–Kier alpha value is -0.560. The molecule has 1 aromatic rings. The highest BCUT2D eigenvalue weighted by Crippen LogP contribution is 2.17. The molecule has 1 rings (SSSR count). The van der Waals surface area contributed by atoms with Crippen LogP contribution in [0.3, 0.4) is 0 Å². The molecule has 0 aromatic heterocycles. The second kappa shape index (κ2) is 3.72. The lowest BCUT2D eigenvalue weighted by Crippen LogP contribution is -1.87. The largest absolute Gasteiger partial charge is 0.0984 e. The monoisotopic (exact) mass is 210 g/mol. The average Bonchev–Trinajstić information content (AvgIpc) is 2.04. The summed E-state index contributed by atoms with van der Waals surface area (Å²) in [4.78, 5) is 0. The average molecular weight is 211 g/mol. The van der Waals surface area contributed by atoms with Crippen LogP contribution in [0, 0.1) is 6.92 Å². The second-order valence-corrected chi connectivity index (χ2v) is 3.05. The van der Waals surface area contributed by atoms with Gasteiger partial charge in [0.2, 0.25) is 0 Å². The van der Waals surface area contributed by atoms with Crippen molar-refractivity contribution in [1.29, 1.82) is 0 Å². The normalized spacial score (nSPS) is 9.64. The molecule has 0 nitrogen and oxygen atoms in total. The number of aryl methyl sites for hydroxylation is 1. The molecule has 11 heavy (non-hydrogen) atoms. The molecule has 58 valence electrons. The Labute approximate surface area is 76.1 Å². The van der Waals surface area contributed by atoms with Crippen LogP contribution in [0.15, 0.2) is 24.8 Å². The van der Waals surface area contributed by atoms with Gasteiger partial charge < -0.3 is 0 Å². The highest BCUT2D eigenvalue weighted by molar-refractivity contribution is 9.08. The van der Waals surface area contributed by atoms with Crippen molar-refractivity contribution in [3.63, 3.8) is 0 Å². The minimum Gasteiger partial charge on any atom is -0.0984 e. The van der Waals surface area contributed by atoms with E-state index in [1.807, 2.05) is 6.08 Å². The standard InChI is InChI=1S/C10H11Br/c1-3-10-8(2)5-4-6-9(10)7-11/h3-6H,1,7H2,2H3. The van der Waals surface area contributed by atoms with Crippen LogP contribution < -0.4 is 0 Å². The first-order valence-electron chi connectivity index (χ1n) is 3.56. The quantitative estimate of drug-likeness (QED) is 0.656. The summed E-state index contributed by atoms with van der Waals surface area (Å²) in [7, 11) is 0. The maximum absolute atomic E-state index is 3.78. The lowest BCUT2D eigenvalue weighted by Gasteiger charge is -2.04. The Bertz CT molecular complexity index is 264. The molecule has 0 aliphatic carbocycles. The molecule has 0 amide bonds. The first-order valence-corrected chi connectivity index (χ1v) is 4.68. The van der Waals surface area contributed by atoms with E-state index in [4.69, 9.17) is 0 Å². The first kappa shape index (κ1) is 8.54. The van der Waals surface area contributed by atoms with Gasteiger partial charge in [-0.05, 0) is 23.6 Å². The third kappa shape index (κ3) is 1.72. The van der Waals surface area contributed by atoms with Crippen molar-refractivity contribution in [1.82, 2.24) is 0 Å². The molecular weight excluding hydrogens is 200 g/mol. The molecule has 0 radical (unpaired) electrons. The van der Waals surface area contributed by atoms with Crippen LogP contribution in [0.25, 0.3) is 6.08 Å². The summed E-state index contributed by atoms with van der Waals surface area (Å²) in [6.07, 6.45) is 1.91. The van der Waals surface area contributed by atoms with Crippen molar-refractivity contribution in [3.05, 3.63) is 41.5 Å². The Kier molecular flexibility index (Phi) is 2.89. The van der Waals surface area contributed by atoms with Crippen LogP contribution in [0.4, 0.5) is 0 Å². The third-order valence-corrected chi connectivity index (χ3v) is 2.37. The van der Waals surface area contributed by atoms with Gasteiger partial charge in [-0.25, -0.2) is 0 Å². The molecule has 1 aromatic carbocycles. The predicted octanol–water partition coefficient (Wildman–Crippen LogP) is 3.53. The van der Waals surface area contributed by atoms with Gasteiger partial charge >= 0.3 is 0 Å². The third-order valence-electron chi connectivity index (χ3n) is 1.76. The fourth-order valence-electron chi connectivity index (χ4n) is 1.15. The molecule has 0 aliphatic rings. The van der Waals surface area contributed by atoms with Crippen molar-refractivity contribution < 1.29 is 0 Å². The Balaban J connectivity index is 3.24.